The van der Waals surface area contributed by atoms with Gasteiger partial charge in [-0.25, -0.2) is 9.37 Å². The predicted molar refractivity (Wildman–Crippen MR) is 115 cm³/mol. The quantitative estimate of drug-likeness (QED) is 0.252. The SMILES string of the molecule is C=CCn1c(COc2ccccc2F)nnc1SCc1csc(-c2ccc(C)o2)n1. The highest BCUT2D eigenvalue weighted by Crippen LogP contribution is 2.29. The van der Waals surface area contributed by atoms with Gasteiger partial charge in [-0.15, -0.1) is 28.1 Å². The van der Waals surface area contributed by atoms with Crippen LogP contribution in [-0.4, -0.2) is 19.7 Å². The van der Waals surface area contributed by atoms with Crippen molar-refractivity contribution in [1.82, 2.24) is 19.7 Å². The van der Waals surface area contributed by atoms with Crippen LogP contribution in [0.1, 0.15) is 17.3 Å². The van der Waals surface area contributed by atoms with E-state index in [9.17, 15) is 4.39 Å². The zero-order chi connectivity index (χ0) is 20.9. The van der Waals surface area contributed by atoms with Gasteiger partial charge >= 0.3 is 0 Å². The van der Waals surface area contributed by atoms with Crippen LogP contribution in [0.5, 0.6) is 5.75 Å². The summed E-state index contributed by atoms with van der Waals surface area (Å²) in [7, 11) is 0. The van der Waals surface area contributed by atoms with Crippen LogP contribution in [-0.2, 0) is 18.9 Å². The molecule has 0 saturated carbocycles. The Balaban J connectivity index is 1.43. The van der Waals surface area contributed by atoms with Gasteiger partial charge in [0.25, 0.3) is 0 Å². The van der Waals surface area contributed by atoms with Crippen LogP contribution in [0, 0.1) is 12.7 Å². The molecule has 3 heterocycles. The van der Waals surface area contributed by atoms with Crippen LogP contribution in [0.4, 0.5) is 4.39 Å². The molecular formula is C21H19FN4O2S2. The first kappa shape index (κ1) is 20.4. The number of thioether (sulfide) groups is 1. The second kappa shape index (κ2) is 9.27. The minimum absolute atomic E-state index is 0.112. The van der Waals surface area contributed by atoms with E-state index < -0.39 is 5.82 Å². The van der Waals surface area contributed by atoms with E-state index in [1.807, 2.05) is 29.0 Å². The fourth-order valence-electron chi connectivity index (χ4n) is 2.72. The van der Waals surface area contributed by atoms with Crippen molar-refractivity contribution in [2.45, 2.75) is 31.0 Å². The van der Waals surface area contributed by atoms with Crippen LogP contribution >= 0.6 is 23.1 Å². The fourth-order valence-corrected chi connectivity index (χ4v) is 4.47. The number of ether oxygens (including phenoxy) is 1. The molecule has 0 atom stereocenters. The largest absolute Gasteiger partial charge is 0.483 e. The Labute approximate surface area is 181 Å². The average molecular weight is 443 g/mol. The molecule has 4 aromatic rings. The van der Waals surface area contributed by atoms with Gasteiger partial charge in [-0.05, 0) is 31.2 Å². The van der Waals surface area contributed by atoms with Gasteiger partial charge in [0, 0.05) is 17.7 Å². The van der Waals surface area contributed by atoms with Crippen LogP contribution in [0.15, 0.2) is 64.0 Å². The average Bonchev–Trinajstić information content (AvgIpc) is 3.47. The molecule has 0 fully saturated rings. The number of benzene rings is 1. The summed E-state index contributed by atoms with van der Waals surface area (Å²) >= 11 is 3.07. The Morgan fingerprint density at radius 1 is 1.27 bits per heavy atom. The number of aromatic nitrogens is 4. The maximum atomic E-state index is 13.8. The first-order valence-electron chi connectivity index (χ1n) is 9.18. The van der Waals surface area contributed by atoms with Gasteiger partial charge in [0.05, 0.1) is 5.69 Å². The number of para-hydroxylation sites is 1. The van der Waals surface area contributed by atoms with Gasteiger partial charge in [-0.2, -0.15) is 0 Å². The molecule has 0 spiro atoms. The summed E-state index contributed by atoms with van der Waals surface area (Å²) < 4.78 is 26.9. The highest BCUT2D eigenvalue weighted by atomic mass is 32.2. The first-order chi connectivity index (χ1) is 14.6. The van der Waals surface area contributed by atoms with Crippen molar-refractivity contribution in [2.24, 2.45) is 0 Å². The molecule has 1 aromatic carbocycles. The molecule has 0 saturated heterocycles. The fraction of sp³-hybridized carbons (Fsp3) is 0.190. The molecule has 6 nitrogen and oxygen atoms in total. The molecule has 0 aliphatic rings. The highest BCUT2D eigenvalue weighted by molar-refractivity contribution is 7.98. The molecule has 154 valence electrons. The molecule has 0 N–H and O–H groups in total. The van der Waals surface area contributed by atoms with Crippen molar-refractivity contribution in [2.75, 3.05) is 0 Å². The summed E-state index contributed by atoms with van der Waals surface area (Å²) in [5.41, 5.74) is 0.936. The summed E-state index contributed by atoms with van der Waals surface area (Å²) in [5, 5.41) is 12.1. The molecule has 4 rings (SSSR count). The van der Waals surface area contributed by atoms with Crippen molar-refractivity contribution >= 4 is 23.1 Å². The number of allylic oxidation sites excluding steroid dienone is 1. The van der Waals surface area contributed by atoms with Gasteiger partial charge in [-0.3, -0.25) is 4.57 Å². The Hall–Kier alpha value is -2.91. The highest BCUT2D eigenvalue weighted by Gasteiger charge is 2.15. The minimum Gasteiger partial charge on any atom is -0.483 e. The van der Waals surface area contributed by atoms with Crippen molar-refractivity contribution in [3.63, 3.8) is 0 Å². The number of halogens is 1. The van der Waals surface area contributed by atoms with E-state index in [1.54, 1.807) is 35.6 Å². The van der Waals surface area contributed by atoms with E-state index in [4.69, 9.17) is 9.15 Å². The van der Waals surface area contributed by atoms with Crippen molar-refractivity contribution < 1.29 is 13.5 Å². The molecule has 0 amide bonds. The second-order valence-electron chi connectivity index (χ2n) is 6.36. The second-order valence-corrected chi connectivity index (χ2v) is 8.16. The van der Waals surface area contributed by atoms with Crippen LogP contribution in [0.25, 0.3) is 10.8 Å². The number of hydrogen-bond donors (Lipinski definition) is 0. The number of rotatable bonds is 9. The number of hydrogen-bond acceptors (Lipinski definition) is 7. The van der Waals surface area contributed by atoms with Crippen LogP contribution in [0.2, 0.25) is 0 Å². The van der Waals surface area contributed by atoms with Gasteiger partial charge < -0.3 is 9.15 Å². The van der Waals surface area contributed by atoms with Gasteiger partial charge in [0.2, 0.25) is 0 Å². The van der Waals surface area contributed by atoms with E-state index >= 15 is 0 Å². The van der Waals surface area contributed by atoms with E-state index in [1.165, 1.54) is 17.8 Å². The maximum absolute atomic E-state index is 13.8. The molecule has 3 aromatic heterocycles. The molecule has 9 heteroatoms. The summed E-state index contributed by atoms with van der Waals surface area (Å²) in [6.07, 6.45) is 1.76. The summed E-state index contributed by atoms with van der Waals surface area (Å²) in [6.45, 7) is 6.35. The number of furan rings is 1. The Morgan fingerprint density at radius 3 is 2.90 bits per heavy atom. The molecular weight excluding hydrogens is 423 g/mol. The van der Waals surface area contributed by atoms with Crippen LogP contribution in [0.3, 0.4) is 0 Å². The molecule has 0 unspecified atom stereocenters. The lowest BCUT2D eigenvalue weighted by Crippen LogP contribution is -2.08. The summed E-state index contributed by atoms with van der Waals surface area (Å²) in [6, 6.07) is 10.1. The monoisotopic (exact) mass is 442 g/mol. The van der Waals surface area contributed by atoms with E-state index in [-0.39, 0.29) is 12.4 Å². The molecule has 30 heavy (non-hydrogen) atoms. The Morgan fingerprint density at radius 2 is 2.13 bits per heavy atom. The van der Waals surface area contributed by atoms with E-state index in [2.05, 4.69) is 21.8 Å². The molecule has 0 radical (unpaired) electrons. The number of thiazole rings is 1. The maximum Gasteiger partial charge on any atom is 0.191 e. The van der Waals surface area contributed by atoms with Crippen molar-refractivity contribution in [3.8, 4) is 16.5 Å². The Kier molecular flexibility index (Phi) is 6.29. The Bertz CT molecular complexity index is 1150. The van der Waals surface area contributed by atoms with Crippen molar-refractivity contribution in [1.29, 1.82) is 0 Å². The first-order valence-corrected chi connectivity index (χ1v) is 11.0. The lowest BCUT2D eigenvalue weighted by atomic mass is 10.3. The molecule has 0 aliphatic carbocycles. The summed E-state index contributed by atoms with van der Waals surface area (Å²) in [5.74, 6) is 2.65. The normalized spacial score (nSPS) is 11.0. The number of aryl methyl sites for hydroxylation is 1. The molecule has 0 aliphatic heterocycles. The zero-order valence-electron chi connectivity index (χ0n) is 16.2. The van der Waals surface area contributed by atoms with Gasteiger partial charge in [0.15, 0.2) is 33.3 Å². The van der Waals surface area contributed by atoms with Crippen molar-refractivity contribution in [3.05, 3.63) is 77.5 Å². The third-order valence-electron chi connectivity index (χ3n) is 4.15. The third-order valence-corrected chi connectivity index (χ3v) is 6.06. The smallest absolute Gasteiger partial charge is 0.191 e. The van der Waals surface area contributed by atoms with Gasteiger partial charge in [-0.1, -0.05) is 30.0 Å². The van der Waals surface area contributed by atoms with Gasteiger partial charge in [0.1, 0.15) is 12.4 Å². The predicted octanol–water partition coefficient (Wildman–Crippen LogP) is 5.50. The van der Waals surface area contributed by atoms with E-state index in [0.717, 1.165) is 27.4 Å². The standard InChI is InChI=1S/C21H19FN4O2S2/c1-3-10-26-19(11-27-17-7-5-4-6-16(17)22)24-25-21(26)30-13-15-12-29-20(23-15)18-9-8-14(2)28-18/h3-9,12H,1,10-11,13H2,2H3. The lowest BCUT2D eigenvalue weighted by molar-refractivity contribution is 0.275. The number of nitrogens with zero attached hydrogens (tertiary/aromatic N) is 4. The zero-order valence-corrected chi connectivity index (χ0v) is 17.9. The van der Waals surface area contributed by atoms with Crippen LogP contribution < -0.4 is 4.74 Å². The lowest BCUT2D eigenvalue weighted by Gasteiger charge is -2.09. The minimum atomic E-state index is -0.409. The summed E-state index contributed by atoms with van der Waals surface area (Å²) in [4.78, 5) is 4.64. The van der Waals surface area contributed by atoms with E-state index in [0.29, 0.717) is 18.1 Å². The third kappa shape index (κ3) is 4.63. The topological polar surface area (TPSA) is 66.0 Å². The molecule has 0 bridgehead atoms.